The van der Waals surface area contributed by atoms with Gasteiger partial charge in [0.05, 0.1) is 10.6 Å². The number of hydrogen-bond acceptors (Lipinski definition) is 4. The van der Waals surface area contributed by atoms with Crippen LogP contribution in [0.15, 0.2) is 52.7 Å². The molecule has 2 aromatic rings. The second-order valence-electron chi connectivity index (χ2n) is 3.63. The Kier molecular flexibility index (Phi) is 3.61. The summed E-state index contributed by atoms with van der Waals surface area (Å²) in [4.78, 5) is 0.917. The van der Waals surface area contributed by atoms with Gasteiger partial charge >= 0.3 is 0 Å². The van der Waals surface area contributed by atoms with Crippen LogP contribution in [0.5, 0.6) is 0 Å². The van der Waals surface area contributed by atoms with Gasteiger partial charge < -0.3 is 5.11 Å². The smallest absolute Gasteiger partial charge is 0.181 e. The van der Waals surface area contributed by atoms with Gasteiger partial charge in [-0.3, -0.25) is 0 Å². The minimum Gasteiger partial charge on any atom is -0.386 e. The van der Waals surface area contributed by atoms with E-state index in [1.54, 1.807) is 30.3 Å². The molecule has 0 aliphatic carbocycles. The molecule has 1 heterocycles. The Morgan fingerprint density at radius 1 is 1.12 bits per heavy atom. The third-order valence-electron chi connectivity index (χ3n) is 2.35. The van der Waals surface area contributed by atoms with E-state index in [1.165, 1.54) is 23.5 Å². The summed E-state index contributed by atoms with van der Waals surface area (Å²) in [6.45, 7) is 0. The Morgan fingerprint density at radius 3 is 2.41 bits per heavy atom. The zero-order valence-electron chi connectivity index (χ0n) is 8.98. The van der Waals surface area contributed by atoms with E-state index in [0.717, 1.165) is 0 Å². The van der Waals surface area contributed by atoms with Gasteiger partial charge in [-0.1, -0.05) is 24.3 Å². The normalized spacial score (nSPS) is 13.5. The molecule has 0 fully saturated rings. The van der Waals surface area contributed by atoms with E-state index in [4.69, 9.17) is 0 Å². The lowest BCUT2D eigenvalue weighted by Crippen LogP contribution is -2.13. The van der Waals surface area contributed by atoms with Gasteiger partial charge in [-0.25, -0.2) is 8.42 Å². The van der Waals surface area contributed by atoms with Gasteiger partial charge in [-0.15, -0.1) is 11.3 Å². The molecule has 0 aliphatic heterocycles. The van der Waals surface area contributed by atoms with E-state index < -0.39 is 15.9 Å². The molecule has 0 saturated heterocycles. The summed E-state index contributed by atoms with van der Waals surface area (Å²) < 4.78 is 24.0. The first-order chi connectivity index (χ1) is 8.09. The van der Waals surface area contributed by atoms with Crippen molar-refractivity contribution in [3.63, 3.8) is 0 Å². The highest BCUT2D eigenvalue weighted by Gasteiger charge is 2.21. The number of benzene rings is 1. The first-order valence-corrected chi connectivity index (χ1v) is 7.62. The molecule has 1 N–H and O–H groups in total. The maximum atomic E-state index is 12.0. The van der Waals surface area contributed by atoms with E-state index in [9.17, 15) is 13.5 Å². The van der Waals surface area contributed by atoms with Crippen LogP contribution < -0.4 is 0 Å². The van der Waals surface area contributed by atoms with Gasteiger partial charge in [0.1, 0.15) is 6.10 Å². The predicted molar refractivity (Wildman–Crippen MR) is 67.8 cm³/mol. The molecule has 1 atom stereocenters. The third-order valence-corrected chi connectivity index (χ3v) is 5.07. The quantitative estimate of drug-likeness (QED) is 0.925. The van der Waals surface area contributed by atoms with Crippen molar-refractivity contribution in [1.29, 1.82) is 0 Å². The number of aliphatic hydroxyl groups excluding tert-OH is 1. The maximum absolute atomic E-state index is 12.0. The topological polar surface area (TPSA) is 54.4 Å². The molecule has 0 saturated carbocycles. The maximum Gasteiger partial charge on any atom is 0.181 e. The summed E-state index contributed by atoms with van der Waals surface area (Å²) in [5.41, 5.74) is 0. The van der Waals surface area contributed by atoms with E-state index in [2.05, 4.69) is 0 Å². The summed E-state index contributed by atoms with van der Waals surface area (Å²) in [6, 6.07) is 11.7. The largest absolute Gasteiger partial charge is 0.386 e. The van der Waals surface area contributed by atoms with Gasteiger partial charge in [0.2, 0.25) is 0 Å². The SMILES string of the molecule is O=S(=O)(C[C@H](O)c1cccs1)c1ccccc1. The monoisotopic (exact) mass is 268 g/mol. The number of hydrogen-bond donors (Lipinski definition) is 1. The zero-order chi connectivity index (χ0) is 12.3. The standard InChI is InChI=1S/C12H12O3S2/c13-11(12-7-4-8-16-12)9-17(14,15)10-5-2-1-3-6-10/h1-8,11,13H,9H2/t11-/m0/s1. The number of thiophene rings is 1. The van der Waals surface area contributed by atoms with Crippen molar-refractivity contribution in [2.45, 2.75) is 11.0 Å². The first kappa shape index (κ1) is 12.3. The van der Waals surface area contributed by atoms with E-state index >= 15 is 0 Å². The molecule has 0 spiro atoms. The molecule has 0 bridgehead atoms. The molecule has 0 radical (unpaired) electrons. The predicted octanol–water partition coefficient (Wildman–Crippen LogP) is 2.26. The van der Waals surface area contributed by atoms with E-state index in [-0.39, 0.29) is 10.6 Å². The Morgan fingerprint density at radius 2 is 1.82 bits per heavy atom. The molecule has 5 heteroatoms. The summed E-state index contributed by atoms with van der Waals surface area (Å²) in [5.74, 6) is -0.280. The van der Waals surface area contributed by atoms with Gasteiger partial charge in [-0.05, 0) is 23.6 Å². The molecular weight excluding hydrogens is 256 g/mol. The first-order valence-electron chi connectivity index (χ1n) is 5.09. The molecule has 1 aromatic heterocycles. The second-order valence-corrected chi connectivity index (χ2v) is 6.64. The van der Waals surface area contributed by atoms with Crippen molar-refractivity contribution in [3.8, 4) is 0 Å². The lowest BCUT2D eigenvalue weighted by atomic mass is 10.3. The van der Waals surface area contributed by atoms with E-state index in [1.807, 2.05) is 5.38 Å². The summed E-state index contributed by atoms with van der Waals surface area (Å²) in [7, 11) is -3.43. The van der Waals surface area contributed by atoms with Crippen LogP contribution in [0.25, 0.3) is 0 Å². The molecule has 0 amide bonds. The molecule has 0 aliphatic rings. The lowest BCUT2D eigenvalue weighted by molar-refractivity contribution is 0.205. The second kappa shape index (κ2) is 5.00. The van der Waals surface area contributed by atoms with Gasteiger partial charge in [-0.2, -0.15) is 0 Å². The number of rotatable bonds is 4. The highest BCUT2D eigenvalue weighted by molar-refractivity contribution is 7.91. The van der Waals surface area contributed by atoms with E-state index in [0.29, 0.717) is 4.88 Å². The van der Waals surface area contributed by atoms with Crippen LogP contribution in [0.4, 0.5) is 0 Å². The fourth-order valence-electron chi connectivity index (χ4n) is 1.49. The van der Waals surface area contributed by atoms with Gasteiger partial charge in [0, 0.05) is 4.88 Å². The molecule has 17 heavy (non-hydrogen) atoms. The van der Waals surface area contributed by atoms with Crippen LogP contribution >= 0.6 is 11.3 Å². The minimum atomic E-state index is -3.43. The van der Waals surface area contributed by atoms with Crippen molar-refractivity contribution in [3.05, 3.63) is 52.7 Å². The Bertz CT molecular complexity index is 559. The molecule has 2 rings (SSSR count). The Hall–Kier alpha value is -1.17. The molecular formula is C12H12O3S2. The lowest BCUT2D eigenvalue weighted by Gasteiger charge is -2.09. The number of sulfone groups is 1. The van der Waals surface area contributed by atoms with Crippen LogP contribution in [-0.2, 0) is 9.84 Å². The number of aliphatic hydroxyl groups is 1. The molecule has 1 aromatic carbocycles. The molecule has 90 valence electrons. The molecule has 3 nitrogen and oxygen atoms in total. The zero-order valence-corrected chi connectivity index (χ0v) is 10.6. The fourth-order valence-corrected chi connectivity index (χ4v) is 3.67. The Labute approximate surface area is 104 Å². The summed E-state index contributed by atoms with van der Waals surface area (Å²) in [5, 5.41) is 11.7. The Balaban J connectivity index is 2.19. The summed E-state index contributed by atoms with van der Waals surface area (Å²) in [6.07, 6.45) is -0.958. The highest BCUT2D eigenvalue weighted by atomic mass is 32.2. The highest BCUT2D eigenvalue weighted by Crippen LogP contribution is 2.23. The summed E-state index contributed by atoms with van der Waals surface area (Å²) >= 11 is 1.35. The minimum absolute atomic E-state index is 0.246. The van der Waals surface area contributed by atoms with Crippen molar-refractivity contribution in [1.82, 2.24) is 0 Å². The van der Waals surface area contributed by atoms with Crippen LogP contribution in [0.1, 0.15) is 11.0 Å². The van der Waals surface area contributed by atoms with Crippen molar-refractivity contribution >= 4 is 21.2 Å². The molecule has 0 unspecified atom stereocenters. The van der Waals surface area contributed by atoms with Crippen molar-refractivity contribution in [2.24, 2.45) is 0 Å². The third kappa shape index (κ3) is 2.94. The van der Waals surface area contributed by atoms with Crippen LogP contribution in [0, 0.1) is 0 Å². The van der Waals surface area contributed by atoms with Gasteiger partial charge in [0.15, 0.2) is 9.84 Å². The average Bonchev–Trinajstić information content (AvgIpc) is 2.83. The van der Waals surface area contributed by atoms with Crippen LogP contribution in [0.2, 0.25) is 0 Å². The van der Waals surface area contributed by atoms with Crippen LogP contribution in [0.3, 0.4) is 0 Å². The fraction of sp³-hybridized carbons (Fsp3) is 0.167. The van der Waals surface area contributed by atoms with Gasteiger partial charge in [0.25, 0.3) is 0 Å². The van der Waals surface area contributed by atoms with Crippen molar-refractivity contribution < 1.29 is 13.5 Å². The van der Waals surface area contributed by atoms with Crippen LogP contribution in [-0.4, -0.2) is 19.3 Å². The van der Waals surface area contributed by atoms with Crippen molar-refractivity contribution in [2.75, 3.05) is 5.75 Å². The average molecular weight is 268 g/mol.